The molecule has 2 aromatic carbocycles. The number of fused-ring (bicyclic) bond motifs is 1. The van der Waals surface area contributed by atoms with Crippen molar-refractivity contribution in [2.45, 2.75) is 83.1 Å². The molecule has 1 amide bonds. The predicted molar refractivity (Wildman–Crippen MR) is 140 cm³/mol. The number of nitrogens with zero attached hydrogens (tertiary/aromatic N) is 2. The van der Waals surface area contributed by atoms with Crippen LogP contribution in [-0.4, -0.2) is 41.9 Å². The van der Waals surface area contributed by atoms with E-state index in [9.17, 15) is 4.79 Å². The fourth-order valence-electron chi connectivity index (χ4n) is 6.58. The summed E-state index contributed by atoms with van der Waals surface area (Å²) in [4.78, 5) is 18.4. The Morgan fingerprint density at radius 3 is 2.32 bits per heavy atom. The van der Waals surface area contributed by atoms with Crippen molar-refractivity contribution >= 4 is 5.91 Å². The van der Waals surface area contributed by atoms with Crippen LogP contribution in [0.2, 0.25) is 0 Å². The number of hydrogen-bond acceptors (Lipinski definition) is 2. The minimum atomic E-state index is 0.249. The van der Waals surface area contributed by atoms with E-state index < -0.39 is 0 Å². The van der Waals surface area contributed by atoms with Crippen LogP contribution in [0.25, 0.3) is 0 Å². The zero-order valence-corrected chi connectivity index (χ0v) is 21.2. The van der Waals surface area contributed by atoms with Gasteiger partial charge in [0.2, 0.25) is 5.91 Å². The van der Waals surface area contributed by atoms with Gasteiger partial charge in [0.25, 0.3) is 0 Å². The number of likely N-dealkylation sites (tertiary alicyclic amines) is 1. The summed E-state index contributed by atoms with van der Waals surface area (Å²) in [6, 6.07) is 18.5. The molecule has 0 radical (unpaired) electrons. The van der Waals surface area contributed by atoms with Gasteiger partial charge in [-0.05, 0) is 85.7 Å². The van der Waals surface area contributed by atoms with Crippen molar-refractivity contribution in [3.05, 3.63) is 70.8 Å². The zero-order chi connectivity index (χ0) is 23.5. The van der Waals surface area contributed by atoms with E-state index in [0.717, 1.165) is 38.8 Å². The highest BCUT2D eigenvalue weighted by Crippen LogP contribution is 2.37. The van der Waals surface area contributed by atoms with Crippen LogP contribution >= 0.6 is 0 Å². The van der Waals surface area contributed by atoms with E-state index in [2.05, 4.69) is 72.2 Å². The Hall–Kier alpha value is -2.13. The molecule has 0 N–H and O–H groups in total. The second-order valence-electron chi connectivity index (χ2n) is 11.2. The van der Waals surface area contributed by atoms with Crippen LogP contribution in [0.1, 0.15) is 98.9 Å². The lowest BCUT2D eigenvalue weighted by molar-refractivity contribution is -0.138. The number of rotatable bonds is 6. The van der Waals surface area contributed by atoms with Gasteiger partial charge in [-0.3, -0.25) is 4.79 Å². The molecule has 2 aliphatic heterocycles. The van der Waals surface area contributed by atoms with Crippen LogP contribution in [0.15, 0.2) is 48.5 Å². The minimum Gasteiger partial charge on any atom is -0.335 e. The first-order valence-corrected chi connectivity index (χ1v) is 13.8. The molecule has 3 nitrogen and oxygen atoms in total. The van der Waals surface area contributed by atoms with Crippen molar-refractivity contribution < 1.29 is 4.79 Å². The monoisotopic (exact) mass is 458 g/mol. The molecule has 182 valence electrons. The SMILES string of the molecule is CC(C)c1ccc(C2CCN(CCC3c4ccccc4CCN3C(=O)C3CCCC3)CC2)cc1. The van der Waals surface area contributed by atoms with Crippen LogP contribution in [0, 0.1) is 5.92 Å². The number of piperidine rings is 1. The summed E-state index contributed by atoms with van der Waals surface area (Å²) >= 11 is 0. The van der Waals surface area contributed by atoms with Crippen molar-refractivity contribution in [3.63, 3.8) is 0 Å². The van der Waals surface area contributed by atoms with E-state index in [-0.39, 0.29) is 12.0 Å². The molecule has 0 aromatic heterocycles. The molecular formula is C31H42N2O. The first-order valence-electron chi connectivity index (χ1n) is 13.8. The maximum absolute atomic E-state index is 13.4. The van der Waals surface area contributed by atoms with Gasteiger partial charge in [-0.1, -0.05) is 75.2 Å². The van der Waals surface area contributed by atoms with Crippen molar-refractivity contribution in [2.75, 3.05) is 26.2 Å². The maximum atomic E-state index is 13.4. The third kappa shape index (κ3) is 5.10. The van der Waals surface area contributed by atoms with Gasteiger partial charge in [0.05, 0.1) is 6.04 Å². The average molecular weight is 459 g/mol. The molecule has 1 aliphatic carbocycles. The van der Waals surface area contributed by atoms with Crippen LogP contribution in [-0.2, 0) is 11.2 Å². The molecule has 34 heavy (non-hydrogen) atoms. The van der Waals surface area contributed by atoms with Crippen LogP contribution in [0.5, 0.6) is 0 Å². The molecule has 3 heteroatoms. The quantitative estimate of drug-likeness (QED) is 0.481. The second-order valence-corrected chi connectivity index (χ2v) is 11.2. The lowest BCUT2D eigenvalue weighted by Crippen LogP contribution is -2.44. The van der Waals surface area contributed by atoms with E-state index in [1.807, 2.05) is 0 Å². The van der Waals surface area contributed by atoms with E-state index >= 15 is 0 Å². The Labute approximate surface area is 206 Å². The van der Waals surface area contributed by atoms with Gasteiger partial charge in [0.1, 0.15) is 0 Å². The highest BCUT2D eigenvalue weighted by molar-refractivity contribution is 5.80. The average Bonchev–Trinajstić information content (AvgIpc) is 3.42. The van der Waals surface area contributed by atoms with E-state index in [0.29, 0.717) is 17.7 Å². The lowest BCUT2D eigenvalue weighted by Gasteiger charge is -2.40. The summed E-state index contributed by atoms with van der Waals surface area (Å²) in [7, 11) is 0. The number of hydrogen-bond donors (Lipinski definition) is 0. The fraction of sp³-hybridized carbons (Fsp3) is 0.581. The highest BCUT2D eigenvalue weighted by atomic mass is 16.2. The van der Waals surface area contributed by atoms with Gasteiger partial charge in [-0.15, -0.1) is 0 Å². The largest absolute Gasteiger partial charge is 0.335 e. The molecule has 1 saturated heterocycles. The van der Waals surface area contributed by atoms with Gasteiger partial charge < -0.3 is 9.80 Å². The molecule has 0 bridgehead atoms. The maximum Gasteiger partial charge on any atom is 0.226 e. The van der Waals surface area contributed by atoms with Crippen molar-refractivity contribution in [3.8, 4) is 0 Å². The van der Waals surface area contributed by atoms with Gasteiger partial charge in [-0.2, -0.15) is 0 Å². The predicted octanol–water partition coefficient (Wildman–Crippen LogP) is 6.70. The van der Waals surface area contributed by atoms with Gasteiger partial charge in [-0.25, -0.2) is 0 Å². The van der Waals surface area contributed by atoms with Crippen LogP contribution in [0.4, 0.5) is 0 Å². The standard InChI is InChI=1S/C31H42N2O/c1-23(2)24-11-13-25(14-12-24)26-15-19-32(20-16-26)21-18-30-29-10-6-5-7-27(29)17-22-33(30)31(34)28-8-3-4-9-28/h5-7,10-14,23,26,28,30H,3-4,8-9,15-22H2,1-2H3. The first-order chi connectivity index (χ1) is 16.6. The number of amides is 1. The van der Waals surface area contributed by atoms with Crippen LogP contribution in [0.3, 0.4) is 0 Å². The van der Waals surface area contributed by atoms with Crippen molar-refractivity contribution in [1.82, 2.24) is 9.80 Å². The topological polar surface area (TPSA) is 23.6 Å². The summed E-state index contributed by atoms with van der Waals surface area (Å²) in [5.74, 6) is 1.99. The first kappa shape index (κ1) is 23.6. The Morgan fingerprint density at radius 1 is 0.912 bits per heavy atom. The molecule has 1 unspecified atom stereocenters. The van der Waals surface area contributed by atoms with Crippen molar-refractivity contribution in [2.24, 2.45) is 5.92 Å². The molecule has 2 aromatic rings. The smallest absolute Gasteiger partial charge is 0.226 e. The summed E-state index contributed by atoms with van der Waals surface area (Å²) in [6.45, 7) is 8.85. The third-order valence-electron chi connectivity index (χ3n) is 8.78. The fourth-order valence-corrected chi connectivity index (χ4v) is 6.58. The molecule has 3 aliphatic rings. The summed E-state index contributed by atoms with van der Waals surface area (Å²) < 4.78 is 0. The summed E-state index contributed by atoms with van der Waals surface area (Å²) in [5, 5.41) is 0. The molecule has 2 heterocycles. The Balaban J connectivity index is 1.21. The van der Waals surface area contributed by atoms with E-state index in [1.165, 1.54) is 61.0 Å². The molecule has 5 rings (SSSR count). The molecule has 1 saturated carbocycles. The summed E-state index contributed by atoms with van der Waals surface area (Å²) in [6.07, 6.45) is 9.18. The van der Waals surface area contributed by atoms with E-state index in [4.69, 9.17) is 0 Å². The second kappa shape index (κ2) is 10.6. The number of carbonyl (C=O) groups is 1. The molecular weight excluding hydrogens is 416 g/mol. The Morgan fingerprint density at radius 2 is 1.62 bits per heavy atom. The van der Waals surface area contributed by atoms with E-state index in [1.54, 1.807) is 0 Å². The Bertz CT molecular complexity index is 952. The van der Waals surface area contributed by atoms with Crippen LogP contribution < -0.4 is 0 Å². The zero-order valence-electron chi connectivity index (χ0n) is 21.2. The highest BCUT2D eigenvalue weighted by Gasteiger charge is 2.35. The minimum absolute atomic E-state index is 0.249. The summed E-state index contributed by atoms with van der Waals surface area (Å²) in [5.41, 5.74) is 5.80. The molecule has 2 fully saturated rings. The van der Waals surface area contributed by atoms with Gasteiger partial charge >= 0.3 is 0 Å². The number of benzene rings is 2. The van der Waals surface area contributed by atoms with Gasteiger partial charge in [0, 0.05) is 19.0 Å². The van der Waals surface area contributed by atoms with Crippen molar-refractivity contribution in [1.29, 1.82) is 0 Å². The normalized spacial score (nSPS) is 22.3. The number of carbonyl (C=O) groups excluding carboxylic acids is 1. The lowest BCUT2D eigenvalue weighted by atomic mass is 9.87. The van der Waals surface area contributed by atoms with Gasteiger partial charge in [0.15, 0.2) is 0 Å². The third-order valence-corrected chi connectivity index (χ3v) is 8.78. The molecule has 0 spiro atoms. The molecule has 1 atom stereocenters. The Kier molecular flexibility index (Phi) is 7.39.